The highest BCUT2D eigenvalue weighted by molar-refractivity contribution is 6.39. The fourth-order valence-corrected chi connectivity index (χ4v) is 1.93. The molecule has 1 aromatic rings. The van der Waals surface area contributed by atoms with E-state index in [2.05, 4.69) is 17.6 Å². The molecule has 0 aliphatic heterocycles. The van der Waals surface area contributed by atoms with Crippen LogP contribution in [0.3, 0.4) is 0 Å². The van der Waals surface area contributed by atoms with E-state index in [0.29, 0.717) is 25.3 Å². The molecule has 0 saturated heterocycles. The lowest BCUT2D eigenvalue weighted by Crippen LogP contribution is -2.36. The summed E-state index contributed by atoms with van der Waals surface area (Å²) in [4.78, 5) is 23.5. The summed E-state index contributed by atoms with van der Waals surface area (Å²) in [7, 11) is 0. The molecule has 0 atom stereocenters. The molecule has 0 unspecified atom stereocenters. The first-order valence-corrected chi connectivity index (χ1v) is 7.93. The zero-order valence-corrected chi connectivity index (χ0v) is 13.5. The number of nitrogens with one attached hydrogen (secondary N) is 2. The minimum absolute atomic E-state index is 0.438. The Hall–Kier alpha value is -1.88. The van der Waals surface area contributed by atoms with Gasteiger partial charge in [-0.1, -0.05) is 38.5 Å². The molecule has 22 heavy (non-hydrogen) atoms. The second-order valence-corrected chi connectivity index (χ2v) is 5.04. The number of ether oxygens (including phenoxy) is 1. The standard InChI is InChI=1S/C17H26N2O3/c1-3-5-12-22-13-8-11-18-16(20)17(21)19-15-10-7-6-9-14(15)4-2/h6-7,9-10H,3-5,8,11-13H2,1-2H3,(H,18,20)(H,19,21). The number of anilines is 1. The lowest BCUT2D eigenvalue weighted by atomic mass is 10.1. The average Bonchev–Trinajstić information content (AvgIpc) is 2.54. The summed E-state index contributed by atoms with van der Waals surface area (Å²) in [6.07, 6.45) is 3.66. The SMILES string of the molecule is CCCCOCCCNC(=O)C(=O)Nc1ccccc1CC. The van der Waals surface area contributed by atoms with Crippen LogP contribution >= 0.6 is 0 Å². The van der Waals surface area contributed by atoms with E-state index in [1.807, 2.05) is 25.1 Å². The summed E-state index contributed by atoms with van der Waals surface area (Å²) in [6.45, 7) is 5.90. The quantitative estimate of drug-likeness (QED) is 0.544. The van der Waals surface area contributed by atoms with Crippen LogP contribution in [0.5, 0.6) is 0 Å². The van der Waals surface area contributed by atoms with E-state index in [0.717, 1.165) is 31.4 Å². The molecule has 2 amide bonds. The second-order valence-electron chi connectivity index (χ2n) is 5.04. The van der Waals surface area contributed by atoms with Crippen molar-refractivity contribution in [2.45, 2.75) is 39.5 Å². The van der Waals surface area contributed by atoms with Gasteiger partial charge in [-0.2, -0.15) is 0 Å². The molecule has 0 aliphatic rings. The topological polar surface area (TPSA) is 67.4 Å². The summed E-state index contributed by atoms with van der Waals surface area (Å²) in [5, 5.41) is 5.25. The van der Waals surface area contributed by atoms with Gasteiger partial charge >= 0.3 is 11.8 Å². The molecule has 0 bridgehead atoms. The predicted octanol–water partition coefficient (Wildman–Crippen LogP) is 2.51. The Morgan fingerprint density at radius 3 is 2.50 bits per heavy atom. The van der Waals surface area contributed by atoms with E-state index in [1.54, 1.807) is 6.07 Å². The normalized spacial score (nSPS) is 10.3. The lowest BCUT2D eigenvalue weighted by Gasteiger charge is -2.10. The summed E-state index contributed by atoms with van der Waals surface area (Å²) in [6, 6.07) is 7.47. The zero-order chi connectivity index (χ0) is 16.2. The van der Waals surface area contributed by atoms with Crippen molar-refractivity contribution in [3.05, 3.63) is 29.8 Å². The highest BCUT2D eigenvalue weighted by Gasteiger charge is 2.14. The first kappa shape index (κ1) is 18.2. The Balaban J connectivity index is 2.26. The van der Waals surface area contributed by atoms with Crippen LogP contribution in [0.4, 0.5) is 5.69 Å². The number of benzene rings is 1. The molecule has 0 fully saturated rings. The van der Waals surface area contributed by atoms with E-state index in [-0.39, 0.29) is 0 Å². The van der Waals surface area contributed by atoms with E-state index in [4.69, 9.17) is 4.74 Å². The number of rotatable bonds is 9. The van der Waals surface area contributed by atoms with Gasteiger partial charge in [0.2, 0.25) is 0 Å². The number of carbonyl (C=O) groups is 2. The first-order valence-electron chi connectivity index (χ1n) is 7.93. The molecule has 0 saturated carbocycles. The molecular weight excluding hydrogens is 280 g/mol. The van der Waals surface area contributed by atoms with E-state index in [9.17, 15) is 9.59 Å². The highest BCUT2D eigenvalue weighted by atomic mass is 16.5. The Kier molecular flexibility index (Phi) is 8.91. The summed E-state index contributed by atoms with van der Waals surface area (Å²) in [5.74, 6) is -1.24. The maximum atomic E-state index is 11.8. The molecule has 0 radical (unpaired) electrons. The third-order valence-electron chi connectivity index (χ3n) is 3.25. The predicted molar refractivity (Wildman–Crippen MR) is 87.8 cm³/mol. The average molecular weight is 306 g/mol. The van der Waals surface area contributed by atoms with Gasteiger partial charge in [-0.3, -0.25) is 9.59 Å². The fourth-order valence-electron chi connectivity index (χ4n) is 1.93. The van der Waals surface area contributed by atoms with Crippen molar-refractivity contribution in [3.8, 4) is 0 Å². The van der Waals surface area contributed by atoms with Crippen LogP contribution in [0.15, 0.2) is 24.3 Å². The Morgan fingerprint density at radius 1 is 1.05 bits per heavy atom. The van der Waals surface area contributed by atoms with Gasteiger partial charge in [-0.15, -0.1) is 0 Å². The largest absolute Gasteiger partial charge is 0.381 e. The number of carbonyl (C=O) groups excluding carboxylic acids is 2. The monoisotopic (exact) mass is 306 g/mol. The second kappa shape index (κ2) is 10.8. The van der Waals surface area contributed by atoms with Crippen molar-refractivity contribution in [2.24, 2.45) is 0 Å². The molecule has 2 N–H and O–H groups in total. The maximum Gasteiger partial charge on any atom is 0.313 e. The van der Waals surface area contributed by atoms with Crippen molar-refractivity contribution in [1.29, 1.82) is 0 Å². The van der Waals surface area contributed by atoms with Crippen LogP contribution in [-0.2, 0) is 20.7 Å². The number of aryl methyl sites for hydroxylation is 1. The first-order chi connectivity index (χ1) is 10.7. The van der Waals surface area contributed by atoms with Crippen molar-refractivity contribution in [1.82, 2.24) is 5.32 Å². The minimum atomic E-state index is -0.632. The molecule has 1 rings (SSSR count). The Labute approximate surface area is 132 Å². The molecule has 0 spiro atoms. The van der Waals surface area contributed by atoms with Gasteiger partial charge in [0.05, 0.1) is 0 Å². The van der Waals surface area contributed by atoms with Crippen LogP contribution in [0, 0.1) is 0 Å². The molecule has 0 heterocycles. The molecule has 0 aliphatic carbocycles. The number of hydrogen-bond acceptors (Lipinski definition) is 3. The maximum absolute atomic E-state index is 11.8. The third kappa shape index (κ3) is 6.72. The Bertz CT molecular complexity index is 475. The van der Waals surface area contributed by atoms with Gasteiger partial charge in [0, 0.05) is 25.4 Å². The molecule has 1 aromatic carbocycles. The zero-order valence-electron chi connectivity index (χ0n) is 13.5. The van der Waals surface area contributed by atoms with E-state index >= 15 is 0 Å². The molecular formula is C17H26N2O3. The van der Waals surface area contributed by atoms with Crippen molar-refractivity contribution >= 4 is 17.5 Å². The molecule has 0 aromatic heterocycles. The molecule has 5 nitrogen and oxygen atoms in total. The number of amides is 2. The van der Waals surface area contributed by atoms with E-state index < -0.39 is 11.8 Å². The lowest BCUT2D eigenvalue weighted by molar-refractivity contribution is -0.136. The summed E-state index contributed by atoms with van der Waals surface area (Å²) in [5.41, 5.74) is 1.70. The number of hydrogen-bond donors (Lipinski definition) is 2. The van der Waals surface area contributed by atoms with E-state index in [1.165, 1.54) is 0 Å². The minimum Gasteiger partial charge on any atom is -0.381 e. The highest BCUT2D eigenvalue weighted by Crippen LogP contribution is 2.14. The van der Waals surface area contributed by atoms with Gasteiger partial charge in [0.25, 0.3) is 0 Å². The van der Waals surface area contributed by atoms with Gasteiger partial charge < -0.3 is 15.4 Å². The van der Waals surface area contributed by atoms with Gasteiger partial charge in [0.1, 0.15) is 0 Å². The van der Waals surface area contributed by atoms with Crippen LogP contribution in [0.1, 0.15) is 38.7 Å². The van der Waals surface area contributed by atoms with Crippen LogP contribution < -0.4 is 10.6 Å². The van der Waals surface area contributed by atoms with Crippen molar-refractivity contribution < 1.29 is 14.3 Å². The van der Waals surface area contributed by atoms with Gasteiger partial charge in [0.15, 0.2) is 0 Å². The summed E-state index contributed by atoms with van der Waals surface area (Å²) >= 11 is 0. The fraction of sp³-hybridized carbons (Fsp3) is 0.529. The number of unbranched alkanes of at least 4 members (excludes halogenated alkanes) is 1. The molecule has 122 valence electrons. The van der Waals surface area contributed by atoms with Gasteiger partial charge in [-0.25, -0.2) is 0 Å². The Morgan fingerprint density at radius 2 is 1.77 bits per heavy atom. The third-order valence-corrected chi connectivity index (χ3v) is 3.25. The van der Waals surface area contributed by atoms with Crippen LogP contribution in [0.2, 0.25) is 0 Å². The van der Waals surface area contributed by atoms with Crippen LogP contribution in [0.25, 0.3) is 0 Å². The van der Waals surface area contributed by atoms with Gasteiger partial charge in [-0.05, 0) is 30.9 Å². The van der Waals surface area contributed by atoms with Crippen molar-refractivity contribution in [3.63, 3.8) is 0 Å². The van der Waals surface area contributed by atoms with Crippen LogP contribution in [-0.4, -0.2) is 31.6 Å². The van der Waals surface area contributed by atoms with Crippen molar-refractivity contribution in [2.75, 3.05) is 25.1 Å². The smallest absolute Gasteiger partial charge is 0.313 e. The summed E-state index contributed by atoms with van der Waals surface area (Å²) < 4.78 is 5.39. The molecule has 5 heteroatoms. The number of para-hydroxylation sites is 1.